The molecule has 0 unspecified atom stereocenters. The van der Waals surface area contributed by atoms with E-state index in [1.807, 2.05) is 40.7 Å². The van der Waals surface area contributed by atoms with Gasteiger partial charge in [0.25, 0.3) is 0 Å². The number of rotatable bonds is 10. The molecule has 1 aliphatic rings. The second-order valence-corrected chi connectivity index (χ2v) is 7.10. The Bertz CT molecular complexity index is 474. The Morgan fingerprint density at radius 1 is 1.00 bits per heavy atom. The van der Waals surface area contributed by atoms with Gasteiger partial charge in [0.05, 0.1) is 26.2 Å². The first-order chi connectivity index (χ1) is 13.7. The van der Waals surface area contributed by atoms with E-state index in [0.29, 0.717) is 32.8 Å². The van der Waals surface area contributed by atoms with Crippen molar-refractivity contribution in [1.29, 1.82) is 0 Å². The topological polar surface area (TPSA) is 71.1 Å². The number of esters is 2. The fraction of sp³-hybridized carbons (Fsp3) is 0.739. The van der Waals surface area contributed by atoms with Crippen LogP contribution in [0.1, 0.15) is 74.1 Å². The number of ether oxygens (including phenoxy) is 4. The molecule has 0 heterocycles. The summed E-state index contributed by atoms with van der Waals surface area (Å²) < 4.78 is 20.4. The summed E-state index contributed by atoms with van der Waals surface area (Å²) in [7, 11) is 0. The van der Waals surface area contributed by atoms with Crippen LogP contribution in [0.25, 0.3) is 0 Å². The number of carbonyl (C=O) groups excluding carboxylic acids is 2. The molecular weight excluding hydrogens is 372 g/mol. The third-order valence-corrected chi connectivity index (χ3v) is 3.10. The number of allylic oxidation sites excluding steroid dienone is 2. The summed E-state index contributed by atoms with van der Waals surface area (Å²) in [5.41, 5.74) is 0.688. The predicted octanol–water partition coefficient (Wildman–Crippen LogP) is 5.01. The lowest BCUT2D eigenvalue weighted by Gasteiger charge is -2.19. The highest BCUT2D eigenvalue weighted by Gasteiger charge is 2.15. The van der Waals surface area contributed by atoms with Gasteiger partial charge in [-0.2, -0.15) is 0 Å². The van der Waals surface area contributed by atoms with Crippen LogP contribution >= 0.6 is 0 Å². The Morgan fingerprint density at radius 3 is 2.10 bits per heavy atom. The van der Waals surface area contributed by atoms with Gasteiger partial charge in [0.2, 0.25) is 0 Å². The van der Waals surface area contributed by atoms with E-state index < -0.39 is 5.60 Å². The van der Waals surface area contributed by atoms with Crippen LogP contribution in [0.15, 0.2) is 23.8 Å². The van der Waals surface area contributed by atoms with E-state index in [9.17, 15) is 9.59 Å². The highest BCUT2D eigenvalue weighted by atomic mass is 16.6. The van der Waals surface area contributed by atoms with Gasteiger partial charge in [-0.1, -0.05) is 39.0 Å². The molecule has 6 nitrogen and oxygen atoms in total. The van der Waals surface area contributed by atoms with Crippen LogP contribution in [0.2, 0.25) is 0 Å². The fourth-order valence-electron chi connectivity index (χ4n) is 1.97. The van der Waals surface area contributed by atoms with Crippen molar-refractivity contribution in [2.24, 2.45) is 0 Å². The minimum Gasteiger partial charge on any atom is -0.461 e. The number of hydrogen-bond acceptors (Lipinski definition) is 6. The van der Waals surface area contributed by atoms with E-state index in [1.54, 1.807) is 0 Å². The standard InChI is InChI=1S/C12H24O4.C9H12O2.C2H6/c1-5-7-14-9-10-15-8-6-11(13)16-12(2,3)4;1-8(10)11-7-9-5-3-2-4-6-9;1-2/h5-10H2,1-4H3;3,5-6H,2,4,7H2,1H3;1-2H3. The van der Waals surface area contributed by atoms with Gasteiger partial charge in [0.1, 0.15) is 12.2 Å². The van der Waals surface area contributed by atoms with Crippen molar-refractivity contribution in [1.82, 2.24) is 0 Å². The molecule has 0 atom stereocenters. The quantitative estimate of drug-likeness (QED) is 0.369. The lowest BCUT2D eigenvalue weighted by molar-refractivity contribution is -0.156. The average Bonchev–Trinajstić information content (AvgIpc) is 2.67. The van der Waals surface area contributed by atoms with E-state index in [4.69, 9.17) is 18.9 Å². The molecule has 0 aromatic rings. The van der Waals surface area contributed by atoms with Crippen molar-refractivity contribution < 1.29 is 28.5 Å². The Hall–Kier alpha value is -1.66. The normalized spacial score (nSPS) is 12.6. The molecule has 6 heteroatoms. The maximum Gasteiger partial charge on any atom is 0.308 e. The van der Waals surface area contributed by atoms with Crippen molar-refractivity contribution in [3.8, 4) is 0 Å². The van der Waals surface area contributed by atoms with Crippen LogP contribution < -0.4 is 0 Å². The highest BCUT2D eigenvalue weighted by Crippen LogP contribution is 2.09. The van der Waals surface area contributed by atoms with E-state index >= 15 is 0 Å². The lowest BCUT2D eigenvalue weighted by Crippen LogP contribution is -2.24. The molecule has 1 rings (SSSR count). The van der Waals surface area contributed by atoms with Crippen molar-refractivity contribution in [3.05, 3.63) is 23.8 Å². The summed E-state index contributed by atoms with van der Waals surface area (Å²) in [4.78, 5) is 21.7. The lowest BCUT2D eigenvalue weighted by atomic mass is 10.1. The van der Waals surface area contributed by atoms with Gasteiger partial charge in [-0.05, 0) is 45.6 Å². The predicted molar refractivity (Wildman–Crippen MR) is 117 cm³/mol. The van der Waals surface area contributed by atoms with Crippen molar-refractivity contribution in [2.45, 2.75) is 79.8 Å². The molecular formula is C23H42O6. The largest absolute Gasteiger partial charge is 0.461 e. The number of hydrogen-bond donors (Lipinski definition) is 0. The Labute approximate surface area is 177 Å². The molecule has 0 N–H and O–H groups in total. The van der Waals surface area contributed by atoms with Gasteiger partial charge in [0.15, 0.2) is 0 Å². The summed E-state index contributed by atoms with van der Waals surface area (Å²) in [6.45, 7) is 15.7. The summed E-state index contributed by atoms with van der Waals surface area (Å²) in [5.74, 6) is -0.438. The van der Waals surface area contributed by atoms with E-state index in [-0.39, 0.29) is 11.9 Å². The Kier molecular flexibility index (Phi) is 20.0. The second kappa shape index (κ2) is 19.6. The van der Waals surface area contributed by atoms with E-state index in [2.05, 4.69) is 19.1 Å². The first-order valence-corrected chi connectivity index (χ1v) is 10.6. The Balaban J connectivity index is 0. The number of carbonyl (C=O) groups is 2. The van der Waals surface area contributed by atoms with E-state index in [1.165, 1.54) is 6.92 Å². The van der Waals surface area contributed by atoms with Crippen molar-refractivity contribution in [3.63, 3.8) is 0 Å². The molecule has 0 amide bonds. The van der Waals surface area contributed by atoms with E-state index in [0.717, 1.165) is 31.4 Å². The molecule has 0 aromatic carbocycles. The monoisotopic (exact) mass is 414 g/mol. The fourth-order valence-corrected chi connectivity index (χ4v) is 1.97. The van der Waals surface area contributed by atoms with Crippen LogP contribution in [-0.4, -0.2) is 50.6 Å². The minimum absolute atomic E-state index is 0.218. The van der Waals surface area contributed by atoms with Crippen LogP contribution in [0.4, 0.5) is 0 Å². The summed E-state index contributed by atoms with van der Waals surface area (Å²) in [6.07, 6.45) is 9.67. The molecule has 29 heavy (non-hydrogen) atoms. The average molecular weight is 415 g/mol. The molecule has 0 saturated heterocycles. The molecule has 0 bridgehead atoms. The van der Waals surface area contributed by atoms with Crippen molar-refractivity contribution >= 4 is 11.9 Å². The van der Waals surface area contributed by atoms with Gasteiger partial charge in [-0.15, -0.1) is 0 Å². The zero-order valence-corrected chi connectivity index (χ0v) is 19.5. The highest BCUT2D eigenvalue weighted by molar-refractivity contribution is 5.69. The second-order valence-electron chi connectivity index (χ2n) is 7.10. The molecule has 0 fully saturated rings. The van der Waals surface area contributed by atoms with Crippen molar-refractivity contribution in [2.75, 3.05) is 33.0 Å². The molecule has 0 radical (unpaired) electrons. The third kappa shape index (κ3) is 24.3. The first kappa shape index (κ1) is 29.5. The zero-order valence-electron chi connectivity index (χ0n) is 19.5. The smallest absolute Gasteiger partial charge is 0.308 e. The molecule has 1 aliphatic carbocycles. The Morgan fingerprint density at radius 2 is 1.62 bits per heavy atom. The maximum absolute atomic E-state index is 11.3. The molecule has 170 valence electrons. The molecule has 0 aliphatic heterocycles. The maximum atomic E-state index is 11.3. The first-order valence-electron chi connectivity index (χ1n) is 10.6. The van der Waals surface area contributed by atoms with Gasteiger partial charge < -0.3 is 18.9 Å². The van der Waals surface area contributed by atoms with Gasteiger partial charge in [-0.25, -0.2) is 0 Å². The molecule has 0 aromatic heterocycles. The van der Waals surface area contributed by atoms with Gasteiger partial charge in [-0.3, -0.25) is 9.59 Å². The van der Waals surface area contributed by atoms with Crippen LogP contribution in [-0.2, 0) is 28.5 Å². The molecule has 0 saturated carbocycles. The summed E-state index contributed by atoms with van der Waals surface area (Å²) >= 11 is 0. The van der Waals surface area contributed by atoms with Crippen LogP contribution in [0.3, 0.4) is 0 Å². The van der Waals surface area contributed by atoms with Crippen LogP contribution in [0, 0.1) is 0 Å². The van der Waals surface area contributed by atoms with Gasteiger partial charge >= 0.3 is 11.9 Å². The minimum atomic E-state index is -0.415. The SMILES string of the molecule is CC.CC(=O)OCC1=CCCC=C1.CCCOCCOCCC(=O)OC(C)(C)C. The van der Waals surface area contributed by atoms with Gasteiger partial charge in [0, 0.05) is 13.5 Å². The molecule has 0 spiro atoms. The zero-order chi connectivity index (χ0) is 22.5. The summed E-state index contributed by atoms with van der Waals surface area (Å²) in [5, 5.41) is 0. The third-order valence-electron chi connectivity index (χ3n) is 3.10. The van der Waals surface area contributed by atoms with Crippen LogP contribution in [0.5, 0.6) is 0 Å². The summed E-state index contributed by atoms with van der Waals surface area (Å²) in [6, 6.07) is 0.